The van der Waals surface area contributed by atoms with Crippen molar-refractivity contribution in [2.45, 2.75) is 17.4 Å². The van der Waals surface area contributed by atoms with Gasteiger partial charge in [-0.1, -0.05) is 11.6 Å². The molecule has 1 unspecified atom stereocenters. The lowest BCUT2D eigenvalue weighted by Crippen LogP contribution is -2.46. The van der Waals surface area contributed by atoms with Crippen molar-refractivity contribution in [1.82, 2.24) is 4.72 Å². The Bertz CT molecular complexity index is 672. The van der Waals surface area contributed by atoms with E-state index in [1.807, 2.05) is 4.72 Å². The SMILES string of the molecule is COc1cc(OC)c(S(=O)(=O)NCC(C)(O)C(=O)O)cc1Cl. The van der Waals surface area contributed by atoms with Crippen molar-refractivity contribution in [3.63, 3.8) is 0 Å². The van der Waals surface area contributed by atoms with Crippen LogP contribution in [0.5, 0.6) is 11.5 Å². The summed E-state index contributed by atoms with van der Waals surface area (Å²) >= 11 is 5.89. The summed E-state index contributed by atoms with van der Waals surface area (Å²) < 4.78 is 36.4. The summed E-state index contributed by atoms with van der Waals surface area (Å²) in [6.45, 7) is 0.244. The number of nitrogens with one attached hydrogen (secondary N) is 1. The van der Waals surface area contributed by atoms with Gasteiger partial charge in [0.15, 0.2) is 5.60 Å². The number of carbonyl (C=O) groups is 1. The Morgan fingerprint density at radius 3 is 2.32 bits per heavy atom. The van der Waals surface area contributed by atoms with Crippen LogP contribution in [0.4, 0.5) is 0 Å². The molecule has 0 spiro atoms. The normalized spacial score (nSPS) is 14.2. The predicted molar refractivity (Wildman–Crippen MR) is 78.0 cm³/mol. The summed E-state index contributed by atoms with van der Waals surface area (Å²) in [4.78, 5) is 10.5. The number of hydrogen-bond donors (Lipinski definition) is 3. The maximum absolute atomic E-state index is 12.2. The molecule has 0 aliphatic heterocycles. The van der Waals surface area contributed by atoms with Crippen LogP contribution in [0.15, 0.2) is 17.0 Å². The van der Waals surface area contributed by atoms with Crippen LogP contribution in [0.2, 0.25) is 5.02 Å². The molecule has 0 radical (unpaired) electrons. The highest BCUT2D eigenvalue weighted by Gasteiger charge is 2.32. The third-order valence-electron chi connectivity index (χ3n) is 2.79. The second-order valence-corrected chi connectivity index (χ2v) is 6.68. The largest absolute Gasteiger partial charge is 0.495 e. The molecule has 8 nitrogen and oxygen atoms in total. The van der Waals surface area contributed by atoms with Gasteiger partial charge < -0.3 is 19.7 Å². The molecule has 0 amide bonds. The zero-order chi connectivity index (χ0) is 17.1. The first-order valence-electron chi connectivity index (χ1n) is 5.92. The van der Waals surface area contributed by atoms with E-state index in [0.717, 1.165) is 13.0 Å². The number of halogens is 1. The molecule has 1 atom stereocenters. The quantitative estimate of drug-likeness (QED) is 0.651. The number of rotatable bonds is 7. The van der Waals surface area contributed by atoms with Crippen LogP contribution in [0.1, 0.15) is 6.92 Å². The molecule has 0 aliphatic carbocycles. The molecule has 124 valence electrons. The summed E-state index contributed by atoms with van der Waals surface area (Å²) in [5, 5.41) is 18.4. The lowest BCUT2D eigenvalue weighted by molar-refractivity contribution is -0.155. The molecule has 1 aromatic rings. The molecular formula is C12H16ClNO7S. The van der Waals surface area contributed by atoms with E-state index in [2.05, 4.69) is 0 Å². The van der Waals surface area contributed by atoms with E-state index in [1.54, 1.807) is 0 Å². The molecular weight excluding hydrogens is 338 g/mol. The number of aliphatic hydroxyl groups is 1. The summed E-state index contributed by atoms with van der Waals surface area (Å²) in [6.07, 6.45) is 0. The smallest absolute Gasteiger partial charge is 0.336 e. The predicted octanol–water partition coefficient (Wildman–Crippen LogP) is 0.471. The van der Waals surface area contributed by atoms with Gasteiger partial charge in [0.05, 0.1) is 25.8 Å². The van der Waals surface area contributed by atoms with Crippen molar-refractivity contribution < 1.29 is 32.9 Å². The monoisotopic (exact) mass is 353 g/mol. The Labute approximate surface area is 132 Å². The Morgan fingerprint density at radius 2 is 1.86 bits per heavy atom. The number of carboxylic acids is 1. The fourth-order valence-electron chi connectivity index (χ4n) is 1.43. The molecule has 0 saturated carbocycles. The Hall–Kier alpha value is -1.55. The molecule has 0 heterocycles. The van der Waals surface area contributed by atoms with Gasteiger partial charge in [0.25, 0.3) is 0 Å². The average molecular weight is 354 g/mol. The van der Waals surface area contributed by atoms with Crippen molar-refractivity contribution in [3.8, 4) is 11.5 Å². The third kappa shape index (κ3) is 4.01. The number of methoxy groups -OCH3 is 2. The van der Waals surface area contributed by atoms with Gasteiger partial charge in [0, 0.05) is 6.07 Å². The van der Waals surface area contributed by atoms with E-state index in [9.17, 15) is 18.3 Å². The van der Waals surface area contributed by atoms with Gasteiger partial charge in [0.1, 0.15) is 16.4 Å². The van der Waals surface area contributed by atoms with Crippen LogP contribution in [-0.2, 0) is 14.8 Å². The minimum absolute atomic E-state index is 0.0358. The number of hydrogen-bond acceptors (Lipinski definition) is 6. The van der Waals surface area contributed by atoms with Gasteiger partial charge in [-0.3, -0.25) is 0 Å². The minimum atomic E-state index is -4.16. The van der Waals surface area contributed by atoms with Gasteiger partial charge >= 0.3 is 5.97 Å². The van der Waals surface area contributed by atoms with Crippen molar-refractivity contribution in [3.05, 3.63) is 17.2 Å². The molecule has 0 aromatic heterocycles. The minimum Gasteiger partial charge on any atom is -0.495 e. The Balaban J connectivity index is 3.18. The maximum atomic E-state index is 12.2. The third-order valence-corrected chi connectivity index (χ3v) is 4.51. The first kappa shape index (κ1) is 18.5. The van der Waals surface area contributed by atoms with Crippen LogP contribution >= 0.6 is 11.6 Å². The summed E-state index contributed by atoms with van der Waals surface area (Å²) in [5.41, 5.74) is -2.25. The van der Waals surface area contributed by atoms with E-state index >= 15 is 0 Å². The first-order chi connectivity index (χ1) is 10.0. The highest BCUT2D eigenvalue weighted by molar-refractivity contribution is 7.89. The molecule has 0 fully saturated rings. The van der Waals surface area contributed by atoms with E-state index in [-0.39, 0.29) is 21.4 Å². The van der Waals surface area contributed by atoms with E-state index in [1.165, 1.54) is 20.3 Å². The Kier molecular flexibility index (Phi) is 5.63. The lowest BCUT2D eigenvalue weighted by Gasteiger charge is -2.19. The van der Waals surface area contributed by atoms with Gasteiger partial charge in [-0.05, 0) is 13.0 Å². The summed E-state index contributed by atoms with van der Waals surface area (Å²) in [5.74, 6) is -1.38. The summed E-state index contributed by atoms with van der Waals surface area (Å²) in [6, 6.07) is 2.39. The van der Waals surface area contributed by atoms with Crippen LogP contribution in [0.25, 0.3) is 0 Å². The van der Waals surface area contributed by atoms with E-state index in [0.29, 0.717) is 0 Å². The average Bonchev–Trinajstić information content (AvgIpc) is 2.45. The molecule has 1 aromatic carbocycles. The van der Waals surface area contributed by atoms with Gasteiger partial charge in [0.2, 0.25) is 10.0 Å². The fourth-order valence-corrected chi connectivity index (χ4v) is 3.04. The zero-order valence-corrected chi connectivity index (χ0v) is 13.7. The molecule has 10 heteroatoms. The van der Waals surface area contributed by atoms with Crippen molar-refractivity contribution in [2.24, 2.45) is 0 Å². The van der Waals surface area contributed by atoms with Gasteiger partial charge in [-0.25, -0.2) is 17.9 Å². The number of sulfonamides is 1. The zero-order valence-electron chi connectivity index (χ0n) is 12.1. The molecule has 3 N–H and O–H groups in total. The molecule has 1 rings (SSSR count). The molecule has 0 saturated heterocycles. The highest BCUT2D eigenvalue weighted by Crippen LogP contribution is 2.35. The van der Waals surface area contributed by atoms with Gasteiger partial charge in [-0.2, -0.15) is 0 Å². The lowest BCUT2D eigenvalue weighted by atomic mass is 10.1. The van der Waals surface area contributed by atoms with Crippen molar-refractivity contribution in [1.29, 1.82) is 0 Å². The van der Waals surface area contributed by atoms with E-state index < -0.39 is 28.1 Å². The molecule has 22 heavy (non-hydrogen) atoms. The van der Waals surface area contributed by atoms with Crippen molar-refractivity contribution >= 4 is 27.6 Å². The number of aliphatic carboxylic acids is 1. The number of benzene rings is 1. The molecule has 0 aliphatic rings. The second kappa shape index (κ2) is 6.69. The van der Waals surface area contributed by atoms with E-state index in [4.69, 9.17) is 26.2 Å². The van der Waals surface area contributed by atoms with Crippen LogP contribution in [0.3, 0.4) is 0 Å². The highest BCUT2D eigenvalue weighted by atomic mass is 35.5. The Morgan fingerprint density at radius 1 is 1.32 bits per heavy atom. The fraction of sp³-hybridized carbons (Fsp3) is 0.417. The number of carboxylic acid groups (broad SMARTS) is 1. The van der Waals surface area contributed by atoms with Crippen molar-refractivity contribution in [2.75, 3.05) is 20.8 Å². The maximum Gasteiger partial charge on any atom is 0.336 e. The second-order valence-electron chi connectivity index (χ2n) is 4.54. The topological polar surface area (TPSA) is 122 Å². The number of ether oxygens (including phenoxy) is 2. The van der Waals surface area contributed by atoms with Crippen LogP contribution in [0, 0.1) is 0 Å². The van der Waals surface area contributed by atoms with Crippen LogP contribution < -0.4 is 14.2 Å². The summed E-state index contributed by atoms with van der Waals surface area (Å²) in [7, 11) is -1.54. The molecule has 0 bridgehead atoms. The van der Waals surface area contributed by atoms with Gasteiger partial charge in [-0.15, -0.1) is 0 Å². The first-order valence-corrected chi connectivity index (χ1v) is 7.78. The van der Waals surface area contributed by atoms with Crippen LogP contribution in [-0.4, -0.2) is 51.0 Å². The standard InChI is InChI=1S/C12H16ClNO7S/c1-12(17,11(15)16)6-14-22(18,19)10-4-7(13)8(20-2)5-9(10)21-3/h4-5,14,17H,6H2,1-3H3,(H,15,16).